The lowest BCUT2D eigenvalue weighted by Crippen LogP contribution is -2.32. The van der Waals surface area contributed by atoms with E-state index in [0.717, 1.165) is 43.4 Å². The fourth-order valence-electron chi connectivity index (χ4n) is 3.36. The third-order valence-electron chi connectivity index (χ3n) is 4.89. The lowest BCUT2D eigenvalue weighted by Gasteiger charge is -2.19. The van der Waals surface area contributed by atoms with E-state index in [1.165, 1.54) is 0 Å². The monoisotopic (exact) mass is 436 g/mol. The lowest BCUT2D eigenvalue weighted by atomic mass is 10.1. The van der Waals surface area contributed by atoms with E-state index in [-0.39, 0.29) is 12.0 Å². The van der Waals surface area contributed by atoms with Crippen molar-refractivity contribution in [2.24, 2.45) is 5.92 Å². The summed E-state index contributed by atoms with van der Waals surface area (Å²) < 4.78 is 37.6. The molecule has 0 bridgehead atoms. The number of aryl methyl sites for hydroxylation is 1. The lowest BCUT2D eigenvalue weighted by molar-refractivity contribution is -0.192. The smallest absolute Gasteiger partial charge is 0.475 e. The Kier molecular flexibility index (Phi) is 8.30. The number of aliphatic carboxylic acids is 1. The Morgan fingerprint density at radius 1 is 1.24 bits per heavy atom. The molecule has 0 unspecified atom stereocenters. The van der Waals surface area contributed by atoms with Gasteiger partial charge in [0.05, 0.1) is 12.7 Å². The SMILES string of the molecule is CN1CCO[C@@H]2CN(C(=O)CCc3ccccc3Cl)C[C@@H]2C1.O=C(O)C(F)(F)F. The van der Waals surface area contributed by atoms with Gasteiger partial charge < -0.3 is 19.6 Å². The summed E-state index contributed by atoms with van der Waals surface area (Å²) in [7, 11) is 2.12. The number of carboxylic acid groups (broad SMARTS) is 1. The third-order valence-corrected chi connectivity index (χ3v) is 5.26. The number of amides is 1. The minimum absolute atomic E-state index is 0.203. The number of ether oxygens (including phenoxy) is 1. The summed E-state index contributed by atoms with van der Waals surface area (Å²) in [4.78, 5) is 25.6. The van der Waals surface area contributed by atoms with Gasteiger partial charge in [0.2, 0.25) is 5.91 Å². The van der Waals surface area contributed by atoms with E-state index < -0.39 is 12.1 Å². The Labute approximate surface area is 172 Å². The summed E-state index contributed by atoms with van der Waals surface area (Å²) in [5.41, 5.74) is 1.04. The number of hydrogen-bond donors (Lipinski definition) is 1. The Hall–Kier alpha value is -1.84. The number of likely N-dealkylation sites (N-methyl/N-ethyl adjacent to an activating group) is 1. The molecule has 3 rings (SSSR count). The average molecular weight is 437 g/mol. The minimum atomic E-state index is -5.08. The molecule has 0 aliphatic carbocycles. The molecule has 2 heterocycles. The van der Waals surface area contributed by atoms with Crippen molar-refractivity contribution in [2.75, 3.05) is 39.8 Å². The van der Waals surface area contributed by atoms with E-state index >= 15 is 0 Å². The highest BCUT2D eigenvalue weighted by Gasteiger charge is 2.38. The molecule has 2 saturated heterocycles. The largest absolute Gasteiger partial charge is 0.490 e. The Bertz CT molecular complexity index is 717. The van der Waals surface area contributed by atoms with Gasteiger partial charge in [-0.15, -0.1) is 0 Å². The Morgan fingerprint density at radius 3 is 2.52 bits per heavy atom. The number of nitrogens with zero attached hydrogens (tertiary/aromatic N) is 2. The molecule has 6 nitrogen and oxygen atoms in total. The van der Waals surface area contributed by atoms with Gasteiger partial charge in [0.25, 0.3) is 0 Å². The highest BCUT2D eigenvalue weighted by molar-refractivity contribution is 6.31. The van der Waals surface area contributed by atoms with Crippen LogP contribution in [0.3, 0.4) is 0 Å². The fourth-order valence-corrected chi connectivity index (χ4v) is 3.59. The molecule has 0 radical (unpaired) electrons. The summed E-state index contributed by atoms with van der Waals surface area (Å²) in [5.74, 6) is -2.11. The van der Waals surface area contributed by atoms with Gasteiger partial charge in [-0.05, 0) is 25.1 Å². The van der Waals surface area contributed by atoms with Gasteiger partial charge in [0, 0.05) is 43.5 Å². The molecule has 1 amide bonds. The first-order valence-electron chi connectivity index (χ1n) is 9.19. The number of carbonyl (C=O) groups is 2. The van der Waals surface area contributed by atoms with Gasteiger partial charge in [0.1, 0.15) is 0 Å². The summed E-state index contributed by atoms with van der Waals surface area (Å²) in [5, 5.41) is 7.87. The first kappa shape index (κ1) is 23.4. The number of alkyl halides is 3. The van der Waals surface area contributed by atoms with Crippen LogP contribution in [0.1, 0.15) is 12.0 Å². The highest BCUT2D eigenvalue weighted by atomic mass is 35.5. The van der Waals surface area contributed by atoms with Crippen LogP contribution < -0.4 is 0 Å². The number of hydrogen-bond acceptors (Lipinski definition) is 4. The van der Waals surface area contributed by atoms with E-state index in [0.29, 0.717) is 18.8 Å². The first-order chi connectivity index (χ1) is 13.6. The van der Waals surface area contributed by atoms with Crippen LogP contribution in [0.2, 0.25) is 5.02 Å². The van der Waals surface area contributed by atoms with Crippen molar-refractivity contribution in [1.82, 2.24) is 9.80 Å². The summed E-state index contributed by atoms with van der Waals surface area (Å²) in [6.07, 6.45) is -3.67. The Balaban J connectivity index is 0.000000370. The molecule has 162 valence electrons. The number of benzene rings is 1. The van der Waals surface area contributed by atoms with Gasteiger partial charge in [0.15, 0.2) is 0 Å². The number of likely N-dealkylation sites (tertiary alicyclic amines) is 1. The maximum atomic E-state index is 12.5. The van der Waals surface area contributed by atoms with Crippen LogP contribution >= 0.6 is 11.6 Å². The highest BCUT2D eigenvalue weighted by Crippen LogP contribution is 2.24. The van der Waals surface area contributed by atoms with Crippen LogP contribution in [-0.4, -0.2) is 78.9 Å². The van der Waals surface area contributed by atoms with Crippen molar-refractivity contribution in [2.45, 2.75) is 25.1 Å². The van der Waals surface area contributed by atoms with Gasteiger partial charge in [-0.25, -0.2) is 4.79 Å². The Morgan fingerprint density at radius 2 is 1.90 bits per heavy atom. The molecule has 2 fully saturated rings. The fraction of sp³-hybridized carbons (Fsp3) is 0.579. The molecule has 2 aliphatic rings. The van der Waals surface area contributed by atoms with E-state index in [1.807, 2.05) is 29.2 Å². The molecule has 0 saturated carbocycles. The minimum Gasteiger partial charge on any atom is -0.475 e. The molecule has 29 heavy (non-hydrogen) atoms. The van der Waals surface area contributed by atoms with Crippen molar-refractivity contribution in [3.63, 3.8) is 0 Å². The predicted octanol–water partition coefficient (Wildman–Crippen LogP) is 2.69. The summed E-state index contributed by atoms with van der Waals surface area (Å²) in [6.45, 7) is 4.31. The first-order valence-corrected chi connectivity index (χ1v) is 9.57. The normalized spacial score (nSPS) is 22.3. The van der Waals surface area contributed by atoms with Crippen LogP contribution in [0.5, 0.6) is 0 Å². The van der Waals surface area contributed by atoms with Gasteiger partial charge >= 0.3 is 12.1 Å². The number of carboxylic acids is 1. The molecular weight excluding hydrogens is 413 g/mol. The van der Waals surface area contributed by atoms with Crippen LogP contribution in [0.25, 0.3) is 0 Å². The summed E-state index contributed by atoms with van der Waals surface area (Å²) in [6, 6.07) is 7.74. The molecule has 0 spiro atoms. The molecule has 2 aliphatic heterocycles. The molecule has 2 atom stereocenters. The zero-order valence-electron chi connectivity index (χ0n) is 16.0. The number of halogens is 4. The molecule has 1 N–H and O–H groups in total. The van der Waals surface area contributed by atoms with Crippen LogP contribution in [0.15, 0.2) is 24.3 Å². The van der Waals surface area contributed by atoms with Crippen molar-refractivity contribution >= 4 is 23.5 Å². The van der Waals surface area contributed by atoms with Crippen molar-refractivity contribution < 1.29 is 32.6 Å². The third kappa shape index (κ3) is 7.17. The number of rotatable bonds is 3. The van der Waals surface area contributed by atoms with E-state index in [2.05, 4.69) is 11.9 Å². The van der Waals surface area contributed by atoms with E-state index in [1.54, 1.807) is 0 Å². The number of carbonyl (C=O) groups excluding carboxylic acids is 1. The van der Waals surface area contributed by atoms with Gasteiger partial charge in [-0.3, -0.25) is 4.79 Å². The van der Waals surface area contributed by atoms with Crippen LogP contribution in [0, 0.1) is 5.92 Å². The van der Waals surface area contributed by atoms with Crippen LogP contribution in [-0.2, 0) is 20.7 Å². The second-order valence-corrected chi connectivity index (χ2v) is 7.53. The van der Waals surface area contributed by atoms with Crippen molar-refractivity contribution in [1.29, 1.82) is 0 Å². The maximum Gasteiger partial charge on any atom is 0.490 e. The van der Waals surface area contributed by atoms with E-state index in [4.69, 9.17) is 26.2 Å². The summed E-state index contributed by atoms with van der Waals surface area (Å²) >= 11 is 6.15. The topological polar surface area (TPSA) is 70.1 Å². The molecule has 0 aromatic heterocycles. The van der Waals surface area contributed by atoms with Gasteiger partial charge in [-0.1, -0.05) is 29.8 Å². The quantitative estimate of drug-likeness (QED) is 0.789. The molecule has 1 aromatic rings. The molecule has 1 aromatic carbocycles. The van der Waals surface area contributed by atoms with Crippen molar-refractivity contribution in [3.8, 4) is 0 Å². The zero-order valence-corrected chi connectivity index (χ0v) is 16.7. The standard InChI is InChI=1S/C17H23ClN2O2.C2HF3O2/c1-19-8-9-22-16-12-20(11-14(16)10-19)17(21)7-6-13-4-2-3-5-15(13)18;3-2(4,5)1(6)7/h2-5,14,16H,6-12H2,1H3;(H,6,7)/t14-,16+;/m0./s1. The number of fused-ring (bicyclic) bond motifs is 1. The predicted molar refractivity (Wildman–Crippen MR) is 101 cm³/mol. The van der Waals surface area contributed by atoms with Crippen LogP contribution in [0.4, 0.5) is 13.2 Å². The maximum absolute atomic E-state index is 12.5. The second-order valence-electron chi connectivity index (χ2n) is 7.12. The van der Waals surface area contributed by atoms with Crippen molar-refractivity contribution in [3.05, 3.63) is 34.9 Å². The average Bonchev–Trinajstić information content (AvgIpc) is 2.95. The molecular formula is C19H24ClF3N2O4. The molecule has 10 heteroatoms. The second kappa shape index (κ2) is 10.3. The zero-order chi connectivity index (χ0) is 21.6. The van der Waals surface area contributed by atoms with Gasteiger partial charge in [-0.2, -0.15) is 13.2 Å². The van der Waals surface area contributed by atoms with E-state index in [9.17, 15) is 18.0 Å².